The highest BCUT2D eigenvalue weighted by Crippen LogP contribution is 2.51. The molecule has 30 heavy (non-hydrogen) atoms. The average Bonchev–Trinajstić information content (AvgIpc) is 2.72. The maximum Gasteiger partial charge on any atom is 0.335 e. The second-order valence-electron chi connectivity index (χ2n) is 6.42. The molecule has 0 saturated heterocycles. The topological polar surface area (TPSA) is 70.5 Å². The van der Waals surface area contributed by atoms with E-state index in [1.807, 2.05) is 42.5 Å². The van der Waals surface area contributed by atoms with Gasteiger partial charge in [-0.2, -0.15) is 4.98 Å². The van der Waals surface area contributed by atoms with Crippen LogP contribution in [0.5, 0.6) is 5.88 Å². The Hall–Kier alpha value is -2.05. The largest absolute Gasteiger partial charge is 0.473 e. The lowest BCUT2D eigenvalue weighted by atomic mass is 10.1. The van der Waals surface area contributed by atoms with E-state index in [0.717, 1.165) is 26.5 Å². The highest BCUT2D eigenvalue weighted by atomic mass is 79.9. The van der Waals surface area contributed by atoms with Crippen LogP contribution in [0.3, 0.4) is 0 Å². The van der Waals surface area contributed by atoms with Crippen molar-refractivity contribution in [1.82, 2.24) is 9.97 Å². The van der Waals surface area contributed by atoms with E-state index in [1.54, 1.807) is 19.9 Å². The summed E-state index contributed by atoms with van der Waals surface area (Å²) in [6.07, 6.45) is 1.89. The molecule has 0 aliphatic carbocycles. The summed E-state index contributed by atoms with van der Waals surface area (Å²) in [4.78, 5) is 9.28. The van der Waals surface area contributed by atoms with E-state index in [0.29, 0.717) is 31.5 Å². The number of nitrogens with zero attached hydrogens (tertiary/aromatic N) is 2. The van der Waals surface area contributed by atoms with Gasteiger partial charge in [-0.25, -0.2) is 4.98 Å². The summed E-state index contributed by atoms with van der Waals surface area (Å²) in [5.74, 6) is 1.05. The van der Waals surface area contributed by atoms with Crippen LogP contribution in [0, 0.1) is 0 Å². The van der Waals surface area contributed by atoms with Crippen LogP contribution in [0.25, 0.3) is 22.3 Å². The van der Waals surface area contributed by atoms with E-state index < -0.39 is 7.60 Å². The van der Waals surface area contributed by atoms with Crippen LogP contribution < -0.4 is 4.74 Å². The van der Waals surface area contributed by atoms with Gasteiger partial charge in [0.05, 0.1) is 30.3 Å². The second kappa shape index (κ2) is 10.3. The number of ether oxygens (including phenoxy) is 1. The summed E-state index contributed by atoms with van der Waals surface area (Å²) in [6.45, 7) is 8.32. The van der Waals surface area contributed by atoms with Crippen molar-refractivity contribution in [2.24, 2.45) is 0 Å². The molecule has 0 aliphatic heterocycles. The molecular weight excluding hydrogens is 467 g/mol. The van der Waals surface area contributed by atoms with Crippen molar-refractivity contribution in [3.8, 4) is 17.3 Å². The molecule has 0 bridgehead atoms. The molecule has 3 rings (SSSR count). The minimum Gasteiger partial charge on any atom is -0.473 e. The molecule has 3 aromatic rings. The fraction of sp³-hybridized carbons (Fsp3) is 0.273. The Morgan fingerprint density at radius 1 is 1.07 bits per heavy atom. The van der Waals surface area contributed by atoms with Gasteiger partial charge in [-0.1, -0.05) is 52.9 Å². The van der Waals surface area contributed by atoms with Crippen molar-refractivity contribution in [3.63, 3.8) is 0 Å². The first-order valence-electron chi connectivity index (χ1n) is 9.66. The fourth-order valence-corrected chi connectivity index (χ4v) is 5.02. The fourth-order valence-electron chi connectivity index (χ4n) is 2.95. The quantitative estimate of drug-likeness (QED) is 0.242. The van der Waals surface area contributed by atoms with Gasteiger partial charge in [-0.3, -0.25) is 4.57 Å². The number of aromatic nitrogens is 2. The predicted octanol–water partition coefficient (Wildman–Crippen LogP) is 6.39. The molecule has 2 aromatic carbocycles. The average molecular weight is 491 g/mol. The number of halogens is 1. The number of rotatable bonds is 10. The highest BCUT2D eigenvalue weighted by Gasteiger charge is 2.24. The van der Waals surface area contributed by atoms with Gasteiger partial charge in [-0.05, 0) is 37.6 Å². The molecule has 0 spiro atoms. The van der Waals surface area contributed by atoms with Crippen molar-refractivity contribution in [2.45, 2.75) is 20.0 Å². The SMILES string of the molecule is C=CCOc1nc(-c2ccc(CP(=O)(OCC)OCC)cc2)nc2ccc(Br)cc12. The van der Waals surface area contributed by atoms with Crippen molar-refractivity contribution in [3.05, 3.63) is 65.2 Å². The van der Waals surface area contributed by atoms with Gasteiger partial charge in [0.2, 0.25) is 5.88 Å². The Morgan fingerprint density at radius 3 is 2.40 bits per heavy atom. The molecule has 8 heteroatoms. The third-order valence-corrected chi connectivity index (χ3v) is 6.75. The van der Waals surface area contributed by atoms with Crippen LogP contribution in [0.1, 0.15) is 19.4 Å². The van der Waals surface area contributed by atoms with Gasteiger partial charge in [0, 0.05) is 10.0 Å². The van der Waals surface area contributed by atoms with Crippen molar-refractivity contribution >= 4 is 34.4 Å². The minimum atomic E-state index is -3.15. The Labute approximate surface area is 185 Å². The zero-order valence-corrected chi connectivity index (χ0v) is 19.5. The standard InChI is InChI=1S/C22H24BrN2O4P/c1-4-13-27-22-19-14-18(23)11-12-20(19)24-21(25-22)17-9-7-16(8-10-17)15-30(26,28-5-2)29-6-3/h4,7-12,14H,1,5-6,13,15H2,2-3H3. The van der Waals surface area contributed by atoms with E-state index >= 15 is 0 Å². The Balaban J connectivity index is 1.93. The molecule has 6 nitrogen and oxygen atoms in total. The monoisotopic (exact) mass is 490 g/mol. The number of fused-ring (bicyclic) bond motifs is 1. The van der Waals surface area contributed by atoms with E-state index in [2.05, 4.69) is 32.5 Å². The van der Waals surface area contributed by atoms with E-state index in [9.17, 15) is 4.57 Å². The number of hydrogen-bond acceptors (Lipinski definition) is 6. The Kier molecular flexibility index (Phi) is 7.78. The van der Waals surface area contributed by atoms with Crippen molar-refractivity contribution in [2.75, 3.05) is 19.8 Å². The molecule has 1 aromatic heterocycles. The van der Waals surface area contributed by atoms with E-state index in [4.69, 9.17) is 13.8 Å². The first kappa shape index (κ1) is 22.6. The molecule has 1 heterocycles. The molecule has 0 fully saturated rings. The summed E-state index contributed by atoms with van der Waals surface area (Å²) in [6, 6.07) is 13.3. The second-order valence-corrected chi connectivity index (χ2v) is 9.39. The molecule has 0 radical (unpaired) electrons. The maximum absolute atomic E-state index is 12.8. The number of hydrogen-bond donors (Lipinski definition) is 0. The smallest absolute Gasteiger partial charge is 0.335 e. The minimum absolute atomic E-state index is 0.218. The predicted molar refractivity (Wildman–Crippen MR) is 123 cm³/mol. The van der Waals surface area contributed by atoms with E-state index in [-0.39, 0.29) is 6.16 Å². The molecular formula is C22H24BrN2O4P. The summed E-state index contributed by atoms with van der Waals surface area (Å²) < 4.78 is 30.2. The van der Waals surface area contributed by atoms with Crippen LogP contribution >= 0.6 is 23.5 Å². The van der Waals surface area contributed by atoms with Crippen LogP contribution in [-0.2, 0) is 19.8 Å². The number of benzene rings is 2. The molecule has 0 unspecified atom stereocenters. The van der Waals surface area contributed by atoms with Crippen LogP contribution in [0.15, 0.2) is 59.6 Å². The molecule has 0 saturated carbocycles. The highest BCUT2D eigenvalue weighted by molar-refractivity contribution is 9.10. The van der Waals surface area contributed by atoms with Crippen LogP contribution in [-0.4, -0.2) is 29.8 Å². The lowest BCUT2D eigenvalue weighted by Gasteiger charge is -2.17. The van der Waals surface area contributed by atoms with E-state index in [1.165, 1.54) is 0 Å². The third kappa shape index (κ3) is 5.55. The summed E-state index contributed by atoms with van der Waals surface area (Å²) >= 11 is 3.48. The van der Waals surface area contributed by atoms with Gasteiger partial charge >= 0.3 is 7.60 Å². The summed E-state index contributed by atoms with van der Waals surface area (Å²) in [5.41, 5.74) is 2.47. The maximum atomic E-state index is 12.8. The first-order valence-corrected chi connectivity index (χ1v) is 12.2. The molecule has 0 N–H and O–H groups in total. The van der Waals surface area contributed by atoms with Gasteiger partial charge < -0.3 is 13.8 Å². The van der Waals surface area contributed by atoms with Gasteiger partial charge in [0.25, 0.3) is 0 Å². The zero-order valence-electron chi connectivity index (χ0n) is 17.0. The lowest BCUT2D eigenvalue weighted by molar-refractivity contribution is 0.219. The van der Waals surface area contributed by atoms with Gasteiger partial charge in [-0.15, -0.1) is 0 Å². The normalized spacial score (nSPS) is 11.6. The molecule has 0 aliphatic rings. The zero-order chi connectivity index (χ0) is 21.6. The Bertz CT molecular complexity index is 1060. The third-order valence-electron chi connectivity index (χ3n) is 4.20. The van der Waals surface area contributed by atoms with Crippen LogP contribution in [0.4, 0.5) is 0 Å². The first-order chi connectivity index (χ1) is 14.5. The summed E-state index contributed by atoms with van der Waals surface area (Å²) in [5, 5.41) is 0.820. The van der Waals surface area contributed by atoms with Crippen molar-refractivity contribution in [1.29, 1.82) is 0 Å². The van der Waals surface area contributed by atoms with Gasteiger partial charge in [0.15, 0.2) is 5.82 Å². The van der Waals surface area contributed by atoms with Crippen LogP contribution in [0.2, 0.25) is 0 Å². The van der Waals surface area contributed by atoms with Crippen molar-refractivity contribution < 1.29 is 18.3 Å². The molecule has 0 atom stereocenters. The Morgan fingerprint density at radius 2 is 1.77 bits per heavy atom. The lowest BCUT2D eigenvalue weighted by Crippen LogP contribution is -2.01. The van der Waals surface area contributed by atoms with Gasteiger partial charge in [0.1, 0.15) is 6.61 Å². The molecule has 0 amide bonds. The summed E-state index contributed by atoms with van der Waals surface area (Å²) in [7, 11) is -3.15. The molecule has 158 valence electrons.